The lowest BCUT2D eigenvalue weighted by Crippen LogP contribution is -2.46. The lowest BCUT2D eigenvalue weighted by atomic mass is 10.0. The van der Waals surface area contributed by atoms with Gasteiger partial charge in [0.05, 0.1) is 7.11 Å². The van der Waals surface area contributed by atoms with Crippen LogP contribution >= 0.6 is 0 Å². The number of phenols is 1. The molecule has 214 valence electrons. The van der Waals surface area contributed by atoms with Gasteiger partial charge in [0.2, 0.25) is 0 Å². The molecule has 9 nitrogen and oxygen atoms in total. The van der Waals surface area contributed by atoms with Crippen molar-refractivity contribution in [3.63, 3.8) is 0 Å². The van der Waals surface area contributed by atoms with Crippen LogP contribution in [-0.4, -0.2) is 73.2 Å². The summed E-state index contributed by atoms with van der Waals surface area (Å²) in [6.45, 7) is 3.29. The number of urea groups is 1. The summed E-state index contributed by atoms with van der Waals surface area (Å²) in [4.78, 5) is 14.5. The highest BCUT2D eigenvalue weighted by atomic mass is 16.5. The quantitative estimate of drug-likeness (QED) is 0.207. The number of rotatable bonds is 13. The standard InChI is InChI=1S/C31H40N4O5/c1-39-30-4-2-3-24(19-30)20-33-31(38)35-17-14-26(15-18-35)34-25-7-5-23(6-8-25)13-16-32-21-28(37)22-40-29-11-9-27(36)10-12-29/h2-12,19,26,28,32,34,36-37H,13-18,20-22H2,1H3,(H,33,38). The fourth-order valence-corrected chi connectivity index (χ4v) is 4.60. The van der Waals surface area contributed by atoms with Crippen LogP contribution in [0.3, 0.4) is 0 Å². The van der Waals surface area contributed by atoms with Crippen molar-refractivity contribution in [2.45, 2.75) is 38.0 Å². The molecule has 5 N–H and O–H groups in total. The van der Waals surface area contributed by atoms with Crippen LogP contribution in [0, 0.1) is 0 Å². The molecule has 9 heteroatoms. The number of nitrogens with one attached hydrogen (secondary N) is 3. The number of aliphatic hydroxyl groups is 1. The van der Waals surface area contributed by atoms with Crippen molar-refractivity contribution >= 4 is 11.7 Å². The summed E-state index contributed by atoms with van der Waals surface area (Å²) in [5, 5.41) is 29.3. The maximum absolute atomic E-state index is 12.6. The fraction of sp³-hybridized carbons (Fsp3) is 0.387. The summed E-state index contributed by atoms with van der Waals surface area (Å²) >= 11 is 0. The molecule has 1 aliphatic rings. The summed E-state index contributed by atoms with van der Waals surface area (Å²) in [6.07, 6.45) is 2.04. The van der Waals surface area contributed by atoms with Gasteiger partial charge in [-0.1, -0.05) is 24.3 Å². The fourth-order valence-electron chi connectivity index (χ4n) is 4.60. The monoisotopic (exact) mass is 548 g/mol. The zero-order valence-corrected chi connectivity index (χ0v) is 23.0. The first-order valence-corrected chi connectivity index (χ1v) is 13.8. The van der Waals surface area contributed by atoms with E-state index in [-0.39, 0.29) is 18.4 Å². The molecule has 1 heterocycles. The topological polar surface area (TPSA) is 115 Å². The molecule has 1 fully saturated rings. The minimum Gasteiger partial charge on any atom is -0.508 e. The Kier molecular flexibility index (Phi) is 10.9. The molecule has 0 bridgehead atoms. The third-order valence-electron chi connectivity index (χ3n) is 6.93. The predicted molar refractivity (Wildman–Crippen MR) is 156 cm³/mol. The zero-order valence-electron chi connectivity index (χ0n) is 23.0. The van der Waals surface area contributed by atoms with E-state index in [1.807, 2.05) is 29.2 Å². The summed E-state index contributed by atoms with van der Waals surface area (Å²) in [5.41, 5.74) is 3.31. The molecule has 3 aromatic rings. The van der Waals surface area contributed by atoms with E-state index in [0.29, 0.717) is 24.9 Å². The molecule has 3 aromatic carbocycles. The molecule has 0 spiro atoms. The number of aliphatic hydroxyl groups excluding tert-OH is 1. The molecule has 0 aliphatic carbocycles. The van der Waals surface area contributed by atoms with Crippen LogP contribution in [0.5, 0.6) is 17.2 Å². The summed E-state index contributed by atoms with van der Waals surface area (Å²) < 4.78 is 10.8. The maximum atomic E-state index is 12.6. The largest absolute Gasteiger partial charge is 0.508 e. The summed E-state index contributed by atoms with van der Waals surface area (Å²) in [6, 6.07) is 22.9. The molecule has 1 saturated heterocycles. The van der Waals surface area contributed by atoms with Crippen LogP contribution in [0.25, 0.3) is 0 Å². The van der Waals surface area contributed by atoms with E-state index >= 15 is 0 Å². The third-order valence-corrected chi connectivity index (χ3v) is 6.93. The number of aromatic hydroxyl groups is 1. The van der Waals surface area contributed by atoms with Crippen molar-refractivity contribution < 1.29 is 24.5 Å². The number of methoxy groups -OCH3 is 1. The number of amides is 2. The first-order valence-electron chi connectivity index (χ1n) is 13.8. The van der Waals surface area contributed by atoms with Crippen molar-refractivity contribution in [3.05, 3.63) is 83.9 Å². The van der Waals surface area contributed by atoms with E-state index in [9.17, 15) is 15.0 Å². The number of likely N-dealkylation sites (tertiary alicyclic amines) is 1. The minimum atomic E-state index is -0.620. The lowest BCUT2D eigenvalue weighted by molar-refractivity contribution is 0.106. The molecule has 0 aromatic heterocycles. The first kappa shape index (κ1) is 29.0. The van der Waals surface area contributed by atoms with Gasteiger partial charge < -0.3 is 40.5 Å². The van der Waals surface area contributed by atoms with E-state index in [2.05, 4.69) is 40.2 Å². The van der Waals surface area contributed by atoms with Gasteiger partial charge in [-0.25, -0.2) is 4.79 Å². The normalized spacial score (nSPS) is 14.4. The van der Waals surface area contributed by atoms with Crippen molar-refractivity contribution in [2.24, 2.45) is 0 Å². The van der Waals surface area contributed by atoms with Gasteiger partial charge in [0.1, 0.15) is 30.0 Å². The molecular weight excluding hydrogens is 508 g/mol. The molecule has 4 rings (SSSR count). The zero-order chi connectivity index (χ0) is 28.2. The van der Waals surface area contributed by atoms with Gasteiger partial charge >= 0.3 is 6.03 Å². The van der Waals surface area contributed by atoms with Crippen molar-refractivity contribution in [1.29, 1.82) is 0 Å². The summed E-state index contributed by atoms with van der Waals surface area (Å²) in [7, 11) is 1.64. The Balaban J connectivity index is 1.08. The second-order valence-corrected chi connectivity index (χ2v) is 10.0. The van der Waals surface area contributed by atoms with Crippen molar-refractivity contribution in [1.82, 2.24) is 15.5 Å². The highest BCUT2D eigenvalue weighted by Gasteiger charge is 2.22. The van der Waals surface area contributed by atoms with E-state index in [0.717, 1.165) is 55.9 Å². The van der Waals surface area contributed by atoms with E-state index in [1.165, 1.54) is 5.56 Å². The highest BCUT2D eigenvalue weighted by molar-refractivity contribution is 5.74. The van der Waals surface area contributed by atoms with E-state index in [4.69, 9.17) is 9.47 Å². The average Bonchev–Trinajstić information content (AvgIpc) is 2.99. The number of anilines is 1. The van der Waals surface area contributed by atoms with Crippen LogP contribution < -0.4 is 25.4 Å². The Bertz CT molecular complexity index is 1180. The SMILES string of the molecule is COc1cccc(CNC(=O)N2CCC(Nc3ccc(CCNCC(O)COc4ccc(O)cc4)cc3)CC2)c1. The number of hydrogen-bond acceptors (Lipinski definition) is 7. The Morgan fingerprint density at radius 3 is 2.48 bits per heavy atom. The van der Waals surface area contributed by atoms with Gasteiger partial charge in [-0.2, -0.15) is 0 Å². The number of nitrogens with zero attached hydrogens (tertiary/aromatic N) is 1. The van der Waals surface area contributed by atoms with Gasteiger partial charge in [-0.05, 0) is 85.5 Å². The second kappa shape index (κ2) is 15.0. The molecule has 1 aliphatic heterocycles. The molecular formula is C31H40N4O5. The Labute approximate surface area is 236 Å². The summed E-state index contributed by atoms with van der Waals surface area (Å²) in [5.74, 6) is 1.58. The molecule has 1 atom stereocenters. The molecule has 0 radical (unpaired) electrons. The number of ether oxygens (including phenoxy) is 2. The molecule has 0 saturated carbocycles. The Morgan fingerprint density at radius 2 is 1.75 bits per heavy atom. The maximum Gasteiger partial charge on any atom is 0.317 e. The molecule has 40 heavy (non-hydrogen) atoms. The number of hydrogen-bond donors (Lipinski definition) is 5. The minimum absolute atomic E-state index is 0.0309. The third kappa shape index (κ3) is 9.36. The van der Waals surface area contributed by atoms with Crippen LogP contribution in [-0.2, 0) is 13.0 Å². The predicted octanol–water partition coefficient (Wildman–Crippen LogP) is 3.76. The second-order valence-electron chi connectivity index (χ2n) is 10.0. The van der Waals surface area contributed by atoms with Crippen LogP contribution in [0.2, 0.25) is 0 Å². The van der Waals surface area contributed by atoms with Gasteiger partial charge in [0.25, 0.3) is 0 Å². The Hall–Kier alpha value is -3.95. The number of carbonyl (C=O) groups is 1. The highest BCUT2D eigenvalue weighted by Crippen LogP contribution is 2.19. The first-order chi connectivity index (χ1) is 19.5. The van der Waals surface area contributed by atoms with E-state index in [1.54, 1.807) is 31.4 Å². The van der Waals surface area contributed by atoms with Crippen LogP contribution in [0.1, 0.15) is 24.0 Å². The number of benzene rings is 3. The Morgan fingerprint density at radius 1 is 1.00 bits per heavy atom. The van der Waals surface area contributed by atoms with Crippen LogP contribution in [0.4, 0.5) is 10.5 Å². The smallest absolute Gasteiger partial charge is 0.317 e. The van der Waals surface area contributed by atoms with E-state index < -0.39 is 6.10 Å². The van der Waals surface area contributed by atoms with Gasteiger partial charge in [-0.15, -0.1) is 0 Å². The molecule has 1 unspecified atom stereocenters. The number of carbonyl (C=O) groups excluding carboxylic acids is 1. The van der Waals surface area contributed by atoms with Gasteiger partial charge in [0.15, 0.2) is 0 Å². The van der Waals surface area contributed by atoms with Crippen molar-refractivity contribution in [3.8, 4) is 17.2 Å². The number of phenolic OH excluding ortho intramolecular Hbond substituents is 1. The lowest BCUT2D eigenvalue weighted by Gasteiger charge is -2.33. The average molecular weight is 549 g/mol. The molecule has 2 amide bonds. The van der Waals surface area contributed by atoms with Crippen LogP contribution in [0.15, 0.2) is 72.8 Å². The van der Waals surface area contributed by atoms with Crippen molar-refractivity contribution in [2.75, 3.05) is 45.2 Å². The number of piperidine rings is 1. The van der Waals surface area contributed by atoms with Gasteiger partial charge in [0, 0.05) is 37.9 Å². The van der Waals surface area contributed by atoms with Gasteiger partial charge in [-0.3, -0.25) is 0 Å².